The zero-order chi connectivity index (χ0) is 20.2. The van der Waals surface area contributed by atoms with Crippen molar-refractivity contribution in [2.24, 2.45) is 0 Å². The van der Waals surface area contributed by atoms with E-state index in [1.807, 2.05) is 5.32 Å². The lowest BCUT2D eigenvalue weighted by Gasteiger charge is -2.14. The van der Waals surface area contributed by atoms with E-state index < -0.39 is 45.1 Å². The Morgan fingerprint density at radius 3 is 2.30 bits per heavy atom. The van der Waals surface area contributed by atoms with Gasteiger partial charge in [0.25, 0.3) is 5.91 Å². The van der Waals surface area contributed by atoms with Crippen LogP contribution in [0.2, 0.25) is 0 Å². The Morgan fingerprint density at radius 1 is 1.11 bits per heavy atom. The van der Waals surface area contributed by atoms with Crippen molar-refractivity contribution < 1.29 is 31.5 Å². The molecule has 2 aromatic rings. The third kappa shape index (κ3) is 5.85. The number of ether oxygens (including phenoxy) is 1. The molecule has 0 radical (unpaired) electrons. The maximum absolute atomic E-state index is 13.6. The summed E-state index contributed by atoms with van der Waals surface area (Å²) >= 11 is 0. The molecule has 1 N–H and O–H groups in total. The Hall–Kier alpha value is -2.81. The predicted octanol–water partition coefficient (Wildman–Crippen LogP) is 2.69. The molecule has 0 aliphatic rings. The Morgan fingerprint density at radius 2 is 1.70 bits per heavy atom. The van der Waals surface area contributed by atoms with Gasteiger partial charge in [-0.2, -0.15) is 0 Å². The minimum absolute atomic E-state index is 0.0490. The van der Waals surface area contributed by atoms with Gasteiger partial charge in [-0.3, -0.25) is 4.79 Å². The number of hydrogen-bond donors (Lipinski definition) is 1. The van der Waals surface area contributed by atoms with Crippen LogP contribution < -0.4 is 5.32 Å². The molecule has 2 rings (SSSR count). The normalized spacial score (nSPS) is 12.3. The fourth-order valence-electron chi connectivity index (χ4n) is 2.22. The first-order valence-electron chi connectivity index (χ1n) is 7.79. The van der Waals surface area contributed by atoms with Crippen molar-refractivity contribution >= 4 is 27.4 Å². The van der Waals surface area contributed by atoms with Gasteiger partial charge < -0.3 is 10.1 Å². The Balaban J connectivity index is 2.07. The monoisotopic (exact) mass is 397 g/mol. The smallest absolute Gasteiger partial charge is 0.338 e. The summed E-state index contributed by atoms with van der Waals surface area (Å²) < 4.78 is 54.8. The van der Waals surface area contributed by atoms with E-state index in [0.717, 1.165) is 24.5 Å². The van der Waals surface area contributed by atoms with Crippen molar-refractivity contribution in [2.75, 3.05) is 11.6 Å². The van der Waals surface area contributed by atoms with Crippen molar-refractivity contribution in [1.82, 2.24) is 0 Å². The van der Waals surface area contributed by atoms with Crippen LogP contribution in [0.3, 0.4) is 0 Å². The van der Waals surface area contributed by atoms with E-state index in [1.54, 1.807) is 0 Å². The SMILES string of the molecule is C[C@@H](OC(=O)c1cccc(CS(C)(=O)=O)c1)C(=O)Nc1c(F)cccc1F. The molecule has 0 saturated carbocycles. The van der Waals surface area contributed by atoms with Crippen LogP contribution in [0, 0.1) is 11.6 Å². The summed E-state index contributed by atoms with van der Waals surface area (Å²) in [7, 11) is -3.29. The van der Waals surface area contributed by atoms with Gasteiger partial charge in [-0.1, -0.05) is 18.2 Å². The molecule has 0 saturated heterocycles. The van der Waals surface area contributed by atoms with Gasteiger partial charge in [-0.05, 0) is 36.8 Å². The van der Waals surface area contributed by atoms with Crippen LogP contribution in [-0.4, -0.2) is 32.7 Å². The average molecular weight is 397 g/mol. The minimum Gasteiger partial charge on any atom is -0.449 e. The summed E-state index contributed by atoms with van der Waals surface area (Å²) in [5.41, 5.74) is -0.203. The summed E-state index contributed by atoms with van der Waals surface area (Å²) in [6.07, 6.45) is -0.276. The second-order valence-corrected chi connectivity index (χ2v) is 8.04. The third-order valence-electron chi connectivity index (χ3n) is 3.46. The number of carbonyl (C=O) groups is 2. The molecule has 0 spiro atoms. The van der Waals surface area contributed by atoms with Crippen LogP contribution in [0.1, 0.15) is 22.8 Å². The molecule has 0 aliphatic carbocycles. The lowest BCUT2D eigenvalue weighted by atomic mass is 10.1. The highest BCUT2D eigenvalue weighted by atomic mass is 32.2. The standard InChI is InChI=1S/C18H17F2NO5S/c1-11(17(22)21-16-14(19)7-4-8-15(16)20)26-18(23)13-6-3-5-12(9-13)10-27(2,24)25/h3-9,11H,10H2,1-2H3,(H,21,22)/t11-/m1/s1. The van der Waals surface area contributed by atoms with Crippen LogP contribution in [-0.2, 0) is 25.1 Å². The first-order valence-corrected chi connectivity index (χ1v) is 9.85. The van der Waals surface area contributed by atoms with Crippen LogP contribution >= 0.6 is 0 Å². The molecule has 2 aromatic carbocycles. The van der Waals surface area contributed by atoms with E-state index in [0.29, 0.717) is 5.56 Å². The topological polar surface area (TPSA) is 89.5 Å². The first kappa shape index (κ1) is 20.5. The number of carbonyl (C=O) groups excluding carboxylic acids is 2. The molecule has 144 valence electrons. The number of benzene rings is 2. The lowest BCUT2D eigenvalue weighted by Crippen LogP contribution is -2.30. The van der Waals surface area contributed by atoms with Crippen molar-refractivity contribution in [3.05, 3.63) is 65.2 Å². The van der Waals surface area contributed by atoms with Crippen molar-refractivity contribution in [3.63, 3.8) is 0 Å². The van der Waals surface area contributed by atoms with E-state index in [9.17, 15) is 26.8 Å². The van der Waals surface area contributed by atoms with Crippen LogP contribution in [0.25, 0.3) is 0 Å². The van der Waals surface area contributed by atoms with Crippen molar-refractivity contribution in [1.29, 1.82) is 0 Å². The fraction of sp³-hybridized carbons (Fsp3) is 0.222. The highest BCUT2D eigenvalue weighted by Gasteiger charge is 2.22. The average Bonchev–Trinajstić information content (AvgIpc) is 2.56. The molecule has 0 heterocycles. The highest BCUT2D eigenvalue weighted by Crippen LogP contribution is 2.18. The number of esters is 1. The van der Waals surface area contributed by atoms with Gasteiger partial charge in [-0.25, -0.2) is 22.0 Å². The van der Waals surface area contributed by atoms with Gasteiger partial charge in [0.05, 0.1) is 11.3 Å². The van der Waals surface area contributed by atoms with Gasteiger partial charge in [-0.15, -0.1) is 0 Å². The highest BCUT2D eigenvalue weighted by molar-refractivity contribution is 7.89. The number of hydrogen-bond acceptors (Lipinski definition) is 5. The number of halogens is 2. The van der Waals surface area contributed by atoms with Gasteiger partial charge in [0.1, 0.15) is 17.3 Å². The minimum atomic E-state index is -3.29. The van der Waals surface area contributed by atoms with Crippen LogP contribution in [0.4, 0.5) is 14.5 Å². The van der Waals surface area contributed by atoms with Crippen molar-refractivity contribution in [3.8, 4) is 0 Å². The van der Waals surface area contributed by atoms with E-state index in [4.69, 9.17) is 4.74 Å². The number of sulfone groups is 1. The molecular formula is C18H17F2NO5S. The van der Waals surface area contributed by atoms with Crippen LogP contribution in [0.15, 0.2) is 42.5 Å². The zero-order valence-corrected chi connectivity index (χ0v) is 15.3. The van der Waals surface area contributed by atoms with E-state index in [-0.39, 0.29) is 11.3 Å². The summed E-state index contributed by atoms with van der Waals surface area (Å²) in [6, 6.07) is 8.85. The molecule has 9 heteroatoms. The quantitative estimate of drug-likeness (QED) is 0.757. The Labute approximate surface area is 155 Å². The fourth-order valence-corrected chi connectivity index (χ4v) is 3.00. The van der Waals surface area contributed by atoms with Crippen molar-refractivity contribution in [2.45, 2.75) is 18.8 Å². The molecule has 0 aromatic heterocycles. The number of rotatable bonds is 6. The van der Waals surface area contributed by atoms with Gasteiger partial charge in [0.15, 0.2) is 15.9 Å². The van der Waals surface area contributed by atoms with Gasteiger partial charge >= 0.3 is 5.97 Å². The maximum atomic E-state index is 13.6. The summed E-state index contributed by atoms with van der Waals surface area (Å²) in [6.45, 7) is 1.24. The molecule has 0 bridgehead atoms. The molecule has 1 atom stereocenters. The summed E-state index contributed by atoms with van der Waals surface area (Å²) in [4.78, 5) is 24.2. The van der Waals surface area contributed by atoms with E-state index >= 15 is 0 Å². The second kappa shape index (κ2) is 8.26. The lowest BCUT2D eigenvalue weighted by molar-refractivity contribution is -0.123. The molecule has 0 fully saturated rings. The second-order valence-electron chi connectivity index (χ2n) is 5.90. The van der Waals surface area contributed by atoms with Gasteiger partial charge in [0, 0.05) is 6.26 Å². The molecule has 1 amide bonds. The molecule has 6 nitrogen and oxygen atoms in total. The number of amides is 1. The Bertz CT molecular complexity index is 955. The molecule has 27 heavy (non-hydrogen) atoms. The largest absolute Gasteiger partial charge is 0.449 e. The number of para-hydroxylation sites is 1. The van der Waals surface area contributed by atoms with Gasteiger partial charge in [0.2, 0.25) is 0 Å². The number of anilines is 1. The molecular weight excluding hydrogens is 380 g/mol. The number of nitrogens with one attached hydrogen (secondary N) is 1. The van der Waals surface area contributed by atoms with E-state index in [2.05, 4.69) is 0 Å². The predicted molar refractivity (Wildman–Crippen MR) is 94.9 cm³/mol. The van der Waals surface area contributed by atoms with E-state index in [1.165, 1.54) is 31.2 Å². The molecule has 0 aliphatic heterocycles. The summed E-state index contributed by atoms with van der Waals surface area (Å²) in [5.74, 6) is -3.97. The third-order valence-corrected chi connectivity index (χ3v) is 4.31. The molecule has 0 unspecified atom stereocenters. The Kier molecular flexibility index (Phi) is 6.27. The summed E-state index contributed by atoms with van der Waals surface area (Å²) in [5, 5.41) is 2.03. The van der Waals surface area contributed by atoms with Crippen LogP contribution in [0.5, 0.6) is 0 Å². The maximum Gasteiger partial charge on any atom is 0.338 e. The zero-order valence-electron chi connectivity index (χ0n) is 14.5. The first-order chi connectivity index (χ1) is 12.6.